The van der Waals surface area contributed by atoms with E-state index in [1.54, 1.807) is 0 Å². The van der Waals surface area contributed by atoms with Crippen molar-refractivity contribution in [1.29, 1.82) is 0 Å². The molecule has 0 saturated carbocycles. The maximum atomic E-state index is 6.14. The normalized spacial score (nSPS) is 11.5. The quantitative estimate of drug-likeness (QED) is 0.176. The topological polar surface area (TPSA) is 16.4 Å². The summed E-state index contributed by atoms with van der Waals surface area (Å²) in [5.41, 5.74) is 12.2. The number of furan rings is 1. The van der Waals surface area contributed by atoms with Crippen LogP contribution < -0.4 is 4.90 Å². The lowest BCUT2D eigenvalue weighted by Crippen LogP contribution is -2.10. The largest absolute Gasteiger partial charge is 0.456 e. The van der Waals surface area contributed by atoms with Crippen molar-refractivity contribution in [2.24, 2.45) is 0 Å². The molecule has 0 atom stereocenters. The monoisotopic (exact) mass is 663 g/mol. The van der Waals surface area contributed by atoms with Crippen molar-refractivity contribution in [1.82, 2.24) is 0 Å². The van der Waals surface area contributed by atoms with Gasteiger partial charge in [-0.15, -0.1) is 0 Å². The summed E-state index contributed by atoms with van der Waals surface area (Å²) in [6, 6.07) is 71.8. The minimum Gasteiger partial charge on any atom is -0.456 e. The van der Waals surface area contributed by atoms with Gasteiger partial charge >= 0.3 is 0 Å². The van der Waals surface area contributed by atoms with Crippen LogP contribution in [0.2, 0.25) is 0 Å². The fourth-order valence-electron chi connectivity index (χ4n) is 7.71. The Kier molecular flexibility index (Phi) is 7.18. The lowest BCUT2D eigenvalue weighted by Gasteiger charge is -2.26. The number of hydrogen-bond donors (Lipinski definition) is 0. The molecule has 1 aromatic heterocycles. The van der Waals surface area contributed by atoms with Crippen molar-refractivity contribution < 1.29 is 4.42 Å². The summed E-state index contributed by atoms with van der Waals surface area (Å²) >= 11 is 0. The second-order valence-corrected chi connectivity index (χ2v) is 13.3. The van der Waals surface area contributed by atoms with Crippen molar-refractivity contribution in [2.75, 3.05) is 4.90 Å². The summed E-state index contributed by atoms with van der Waals surface area (Å²) in [5, 5.41) is 7.27. The molecule has 10 aromatic rings. The predicted molar refractivity (Wildman–Crippen MR) is 220 cm³/mol. The fraction of sp³-hybridized carbons (Fsp3) is 0. The molecular formula is C50H33NO. The van der Waals surface area contributed by atoms with E-state index >= 15 is 0 Å². The third-order valence-electron chi connectivity index (χ3n) is 10.3. The van der Waals surface area contributed by atoms with Crippen LogP contribution in [-0.2, 0) is 0 Å². The van der Waals surface area contributed by atoms with E-state index in [9.17, 15) is 0 Å². The molecule has 0 aliphatic heterocycles. The van der Waals surface area contributed by atoms with Gasteiger partial charge < -0.3 is 9.32 Å². The maximum Gasteiger partial charge on any atom is 0.135 e. The summed E-state index contributed by atoms with van der Waals surface area (Å²) in [4.78, 5) is 2.36. The Balaban J connectivity index is 1.08. The zero-order valence-electron chi connectivity index (χ0n) is 28.4. The Bertz CT molecular complexity index is 2770. The summed E-state index contributed by atoms with van der Waals surface area (Å²) in [6.07, 6.45) is 0. The molecule has 0 aliphatic carbocycles. The number of hydrogen-bond acceptors (Lipinski definition) is 2. The second-order valence-electron chi connectivity index (χ2n) is 13.3. The Morgan fingerprint density at radius 1 is 0.288 bits per heavy atom. The van der Waals surface area contributed by atoms with Gasteiger partial charge in [0.1, 0.15) is 11.2 Å². The summed E-state index contributed by atoms with van der Waals surface area (Å²) in [7, 11) is 0. The Hall–Kier alpha value is -6.90. The highest BCUT2D eigenvalue weighted by atomic mass is 16.3. The van der Waals surface area contributed by atoms with Gasteiger partial charge in [-0.2, -0.15) is 0 Å². The van der Waals surface area contributed by atoms with Crippen molar-refractivity contribution in [3.8, 4) is 33.4 Å². The van der Waals surface area contributed by atoms with Crippen molar-refractivity contribution in [3.63, 3.8) is 0 Å². The third-order valence-corrected chi connectivity index (χ3v) is 10.3. The number of fused-ring (bicyclic) bond motifs is 5. The molecular weight excluding hydrogens is 631 g/mol. The number of anilines is 3. The molecule has 0 saturated heterocycles. The zero-order valence-corrected chi connectivity index (χ0v) is 28.4. The van der Waals surface area contributed by atoms with Crippen LogP contribution >= 0.6 is 0 Å². The number of para-hydroxylation sites is 1. The van der Waals surface area contributed by atoms with E-state index in [0.29, 0.717) is 0 Å². The summed E-state index contributed by atoms with van der Waals surface area (Å²) in [5.74, 6) is 0. The lowest BCUT2D eigenvalue weighted by molar-refractivity contribution is 0.669. The molecule has 52 heavy (non-hydrogen) atoms. The smallest absolute Gasteiger partial charge is 0.135 e. The van der Waals surface area contributed by atoms with Crippen molar-refractivity contribution >= 4 is 60.5 Å². The average Bonchev–Trinajstić information content (AvgIpc) is 3.59. The molecule has 10 rings (SSSR count). The molecule has 0 bridgehead atoms. The van der Waals surface area contributed by atoms with Gasteiger partial charge in [-0.3, -0.25) is 0 Å². The summed E-state index contributed by atoms with van der Waals surface area (Å²) in [6.45, 7) is 0. The molecule has 0 fully saturated rings. The first kappa shape index (κ1) is 30.0. The van der Waals surface area contributed by atoms with E-state index in [2.05, 4.69) is 193 Å². The second kappa shape index (κ2) is 12.5. The molecule has 0 aliphatic rings. The molecule has 0 N–H and O–H groups in total. The van der Waals surface area contributed by atoms with Crippen LogP contribution in [-0.4, -0.2) is 0 Å². The minimum absolute atomic E-state index is 0.903. The van der Waals surface area contributed by atoms with Gasteiger partial charge in [-0.25, -0.2) is 0 Å². The van der Waals surface area contributed by atoms with Gasteiger partial charge in [0.15, 0.2) is 0 Å². The Morgan fingerprint density at radius 2 is 0.769 bits per heavy atom. The van der Waals surface area contributed by atoms with Gasteiger partial charge in [0.05, 0.1) is 0 Å². The van der Waals surface area contributed by atoms with Gasteiger partial charge in [0.25, 0.3) is 0 Å². The molecule has 0 spiro atoms. The first-order chi connectivity index (χ1) is 25.8. The van der Waals surface area contributed by atoms with Crippen LogP contribution in [0.15, 0.2) is 205 Å². The fourth-order valence-corrected chi connectivity index (χ4v) is 7.71. The highest BCUT2D eigenvalue weighted by Gasteiger charge is 2.16. The first-order valence-electron chi connectivity index (χ1n) is 17.8. The van der Waals surface area contributed by atoms with E-state index in [0.717, 1.165) is 50.1 Å². The first-order valence-corrected chi connectivity index (χ1v) is 17.8. The predicted octanol–water partition coefficient (Wildman–Crippen LogP) is 14.4. The van der Waals surface area contributed by atoms with Crippen molar-refractivity contribution in [2.45, 2.75) is 0 Å². The number of rotatable bonds is 6. The molecule has 2 nitrogen and oxygen atoms in total. The molecule has 244 valence electrons. The zero-order chi connectivity index (χ0) is 34.4. The van der Waals surface area contributed by atoms with Crippen LogP contribution in [0.5, 0.6) is 0 Å². The van der Waals surface area contributed by atoms with Gasteiger partial charge in [-0.1, -0.05) is 146 Å². The number of benzene rings is 9. The van der Waals surface area contributed by atoms with E-state index < -0.39 is 0 Å². The molecule has 0 radical (unpaired) electrons. The highest BCUT2D eigenvalue weighted by molar-refractivity contribution is 6.06. The van der Waals surface area contributed by atoms with E-state index in [4.69, 9.17) is 4.42 Å². The average molecular weight is 664 g/mol. The van der Waals surface area contributed by atoms with E-state index in [1.165, 1.54) is 43.8 Å². The van der Waals surface area contributed by atoms with E-state index in [1.807, 2.05) is 12.1 Å². The van der Waals surface area contributed by atoms with Gasteiger partial charge in [-0.05, 0) is 110 Å². The van der Waals surface area contributed by atoms with Crippen molar-refractivity contribution in [3.05, 3.63) is 200 Å². The minimum atomic E-state index is 0.903. The van der Waals surface area contributed by atoms with Crippen LogP contribution in [0.25, 0.3) is 76.9 Å². The SMILES string of the molecule is c1cc(-c2ccc3oc4ccccc4c3c2)cc(N(c2ccc(-c3cccc4ccccc34)cc2)c2ccc(-c3cccc4ccccc34)cc2)c1. The molecule has 0 unspecified atom stereocenters. The standard InChI is InChI=1S/C50H33NO/c1-3-16-43-34(10-1)12-8-19-45(43)36-22-27-40(28-23-36)51(41-29-24-37(25-30-41)46-20-9-13-35-11-2-4-17-44(35)46)42-15-7-14-38(32-42)39-26-31-50-48(33-39)47-18-5-6-21-49(47)52-50/h1-33H. The van der Waals surface area contributed by atoms with Gasteiger partial charge in [0, 0.05) is 27.8 Å². The van der Waals surface area contributed by atoms with Crippen LogP contribution in [0.4, 0.5) is 17.1 Å². The van der Waals surface area contributed by atoms with Crippen LogP contribution in [0, 0.1) is 0 Å². The molecule has 1 heterocycles. The van der Waals surface area contributed by atoms with Crippen LogP contribution in [0.1, 0.15) is 0 Å². The van der Waals surface area contributed by atoms with Crippen LogP contribution in [0.3, 0.4) is 0 Å². The molecule has 0 amide bonds. The third kappa shape index (κ3) is 5.21. The highest BCUT2D eigenvalue weighted by Crippen LogP contribution is 2.40. The Morgan fingerprint density at radius 3 is 1.40 bits per heavy atom. The Labute approximate surface area is 302 Å². The van der Waals surface area contributed by atoms with Gasteiger partial charge in [0.2, 0.25) is 0 Å². The molecule has 9 aromatic carbocycles. The summed E-state index contributed by atoms with van der Waals surface area (Å²) < 4.78 is 6.14. The van der Waals surface area contributed by atoms with E-state index in [-0.39, 0.29) is 0 Å². The molecule has 2 heteroatoms. The number of nitrogens with zero attached hydrogens (tertiary/aromatic N) is 1. The maximum absolute atomic E-state index is 6.14. The lowest BCUT2D eigenvalue weighted by atomic mass is 9.97.